The van der Waals surface area contributed by atoms with Gasteiger partial charge in [-0.25, -0.2) is 9.97 Å². The molecular weight excluding hydrogens is 320 g/mol. The number of nitrogens with one attached hydrogen (secondary N) is 1. The largest absolute Gasteiger partial charge is 0.484 e. The summed E-state index contributed by atoms with van der Waals surface area (Å²) in [7, 11) is 0. The van der Waals surface area contributed by atoms with Crippen LogP contribution in [-0.2, 0) is 16.1 Å². The Balaban J connectivity index is 1.49. The molecular formula is C18H22N4O3. The van der Waals surface area contributed by atoms with Crippen LogP contribution in [0.2, 0.25) is 0 Å². The molecule has 0 bridgehead atoms. The van der Waals surface area contributed by atoms with Gasteiger partial charge in [0.2, 0.25) is 0 Å². The molecule has 132 valence electrons. The van der Waals surface area contributed by atoms with Gasteiger partial charge >= 0.3 is 0 Å². The first-order chi connectivity index (χ1) is 12.2. The number of amides is 1. The minimum Gasteiger partial charge on any atom is -0.484 e. The third kappa shape index (κ3) is 4.90. The first kappa shape index (κ1) is 17.2. The van der Waals surface area contributed by atoms with E-state index in [0.29, 0.717) is 24.8 Å². The number of benzene rings is 1. The van der Waals surface area contributed by atoms with Crippen LogP contribution >= 0.6 is 0 Å². The summed E-state index contributed by atoms with van der Waals surface area (Å²) < 4.78 is 10.9. The number of anilines is 1. The van der Waals surface area contributed by atoms with E-state index in [1.54, 1.807) is 6.20 Å². The number of hydrogen-bond donors (Lipinski definition) is 1. The van der Waals surface area contributed by atoms with Crippen molar-refractivity contribution in [3.05, 3.63) is 47.9 Å². The van der Waals surface area contributed by atoms with Crippen LogP contribution in [0.5, 0.6) is 5.75 Å². The van der Waals surface area contributed by atoms with Crippen LogP contribution in [0.1, 0.15) is 11.4 Å². The zero-order chi connectivity index (χ0) is 17.5. The second kappa shape index (κ2) is 8.43. The zero-order valence-electron chi connectivity index (χ0n) is 14.3. The van der Waals surface area contributed by atoms with Gasteiger partial charge in [-0.05, 0) is 24.6 Å². The molecule has 1 aliphatic rings. The molecule has 7 heteroatoms. The highest BCUT2D eigenvalue weighted by Crippen LogP contribution is 2.15. The van der Waals surface area contributed by atoms with Gasteiger partial charge in [0.1, 0.15) is 17.4 Å². The highest BCUT2D eigenvalue weighted by atomic mass is 16.5. The van der Waals surface area contributed by atoms with Gasteiger partial charge in [0.25, 0.3) is 5.91 Å². The lowest BCUT2D eigenvalue weighted by Gasteiger charge is -2.27. The summed E-state index contributed by atoms with van der Waals surface area (Å²) in [6.45, 7) is 5.21. The Morgan fingerprint density at radius 2 is 2.08 bits per heavy atom. The fourth-order valence-electron chi connectivity index (χ4n) is 2.53. The van der Waals surface area contributed by atoms with Gasteiger partial charge in [0, 0.05) is 19.3 Å². The van der Waals surface area contributed by atoms with Crippen molar-refractivity contribution in [3.8, 4) is 5.75 Å². The average Bonchev–Trinajstić information content (AvgIpc) is 2.67. The molecule has 0 atom stereocenters. The van der Waals surface area contributed by atoms with Crippen LogP contribution < -0.4 is 15.0 Å². The number of para-hydroxylation sites is 1. The summed E-state index contributed by atoms with van der Waals surface area (Å²) in [4.78, 5) is 22.8. The van der Waals surface area contributed by atoms with Crippen LogP contribution in [0.4, 0.5) is 5.82 Å². The molecule has 0 spiro atoms. The van der Waals surface area contributed by atoms with E-state index in [1.165, 1.54) is 0 Å². The first-order valence-electron chi connectivity index (χ1n) is 8.32. The van der Waals surface area contributed by atoms with Crippen molar-refractivity contribution < 1.29 is 14.3 Å². The van der Waals surface area contributed by atoms with Crippen molar-refractivity contribution in [2.45, 2.75) is 13.5 Å². The van der Waals surface area contributed by atoms with Gasteiger partial charge in [-0.15, -0.1) is 0 Å². The fourth-order valence-corrected chi connectivity index (χ4v) is 2.53. The van der Waals surface area contributed by atoms with Crippen LogP contribution in [0.3, 0.4) is 0 Å². The molecule has 0 radical (unpaired) electrons. The molecule has 1 fully saturated rings. The normalized spacial score (nSPS) is 14.2. The van der Waals surface area contributed by atoms with E-state index in [9.17, 15) is 4.79 Å². The third-order valence-electron chi connectivity index (χ3n) is 3.92. The number of carbonyl (C=O) groups is 1. The van der Waals surface area contributed by atoms with Crippen LogP contribution in [-0.4, -0.2) is 48.8 Å². The van der Waals surface area contributed by atoms with E-state index in [-0.39, 0.29) is 19.1 Å². The van der Waals surface area contributed by atoms with Crippen molar-refractivity contribution in [1.82, 2.24) is 15.3 Å². The molecule has 3 rings (SSSR count). The first-order valence-corrected chi connectivity index (χ1v) is 8.32. The molecule has 1 saturated heterocycles. The number of aromatic nitrogens is 2. The Kier molecular flexibility index (Phi) is 5.79. The minimum absolute atomic E-state index is 0.0337. The van der Waals surface area contributed by atoms with E-state index in [2.05, 4.69) is 20.2 Å². The van der Waals surface area contributed by atoms with Crippen molar-refractivity contribution in [3.63, 3.8) is 0 Å². The molecule has 1 aromatic carbocycles. The lowest BCUT2D eigenvalue weighted by molar-refractivity contribution is -0.123. The smallest absolute Gasteiger partial charge is 0.258 e. The highest BCUT2D eigenvalue weighted by Gasteiger charge is 2.13. The average molecular weight is 342 g/mol. The lowest BCUT2D eigenvalue weighted by atomic mass is 10.2. The third-order valence-corrected chi connectivity index (χ3v) is 3.92. The number of ether oxygens (including phenoxy) is 2. The lowest BCUT2D eigenvalue weighted by Crippen LogP contribution is -2.37. The molecule has 1 aliphatic heterocycles. The van der Waals surface area contributed by atoms with E-state index < -0.39 is 0 Å². The van der Waals surface area contributed by atoms with Gasteiger partial charge in [0.15, 0.2) is 6.61 Å². The maximum atomic E-state index is 12.0. The van der Waals surface area contributed by atoms with Crippen LogP contribution in [0.25, 0.3) is 0 Å². The molecule has 7 nitrogen and oxygen atoms in total. The molecule has 0 aliphatic carbocycles. The predicted octanol–water partition coefficient (Wildman–Crippen LogP) is 1.32. The monoisotopic (exact) mass is 342 g/mol. The van der Waals surface area contributed by atoms with Gasteiger partial charge in [-0.1, -0.05) is 18.2 Å². The van der Waals surface area contributed by atoms with Crippen molar-refractivity contribution in [2.75, 3.05) is 37.8 Å². The molecule has 1 aromatic heterocycles. The molecule has 1 N–H and O–H groups in total. The SMILES string of the molecule is Cc1ccccc1OCC(=O)NCc1nccc(N2CCOCC2)n1. The van der Waals surface area contributed by atoms with E-state index in [0.717, 1.165) is 24.5 Å². The van der Waals surface area contributed by atoms with Gasteiger partial charge in [-0.3, -0.25) is 4.79 Å². The van der Waals surface area contributed by atoms with E-state index >= 15 is 0 Å². The maximum Gasteiger partial charge on any atom is 0.258 e. The molecule has 25 heavy (non-hydrogen) atoms. The quantitative estimate of drug-likeness (QED) is 0.853. The topological polar surface area (TPSA) is 76.6 Å². The van der Waals surface area contributed by atoms with Gasteiger partial charge < -0.3 is 19.7 Å². The number of aryl methyl sites for hydroxylation is 1. The van der Waals surface area contributed by atoms with Crippen molar-refractivity contribution in [2.24, 2.45) is 0 Å². The Morgan fingerprint density at radius 3 is 2.88 bits per heavy atom. The van der Waals surface area contributed by atoms with Crippen molar-refractivity contribution in [1.29, 1.82) is 0 Å². The predicted molar refractivity (Wildman–Crippen MR) is 93.6 cm³/mol. The van der Waals surface area contributed by atoms with E-state index in [4.69, 9.17) is 9.47 Å². The van der Waals surface area contributed by atoms with Gasteiger partial charge in [0.05, 0.1) is 19.8 Å². The number of morpholine rings is 1. The molecule has 2 aromatic rings. The summed E-state index contributed by atoms with van der Waals surface area (Å²) in [5, 5.41) is 2.79. The number of nitrogens with zero attached hydrogens (tertiary/aromatic N) is 3. The number of rotatable bonds is 6. The van der Waals surface area contributed by atoms with Crippen molar-refractivity contribution >= 4 is 11.7 Å². The summed E-state index contributed by atoms with van der Waals surface area (Å²) in [6.07, 6.45) is 1.71. The number of carbonyl (C=O) groups excluding carboxylic acids is 1. The zero-order valence-corrected chi connectivity index (χ0v) is 14.3. The number of hydrogen-bond acceptors (Lipinski definition) is 6. The van der Waals surface area contributed by atoms with E-state index in [1.807, 2.05) is 37.3 Å². The summed E-state index contributed by atoms with van der Waals surface area (Å²) >= 11 is 0. The molecule has 2 heterocycles. The second-order valence-corrected chi connectivity index (χ2v) is 5.76. The second-order valence-electron chi connectivity index (χ2n) is 5.76. The summed E-state index contributed by atoms with van der Waals surface area (Å²) in [5.74, 6) is 1.94. The highest BCUT2D eigenvalue weighted by molar-refractivity contribution is 5.77. The summed E-state index contributed by atoms with van der Waals surface area (Å²) in [6, 6.07) is 9.47. The molecule has 1 amide bonds. The molecule has 0 unspecified atom stereocenters. The maximum absolute atomic E-state index is 12.0. The fraction of sp³-hybridized carbons (Fsp3) is 0.389. The Bertz CT molecular complexity index is 717. The summed E-state index contributed by atoms with van der Waals surface area (Å²) in [5.41, 5.74) is 0.997. The van der Waals surface area contributed by atoms with Crippen LogP contribution in [0, 0.1) is 6.92 Å². The Labute approximate surface area is 147 Å². The van der Waals surface area contributed by atoms with Crippen LogP contribution in [0.15, 0.2) is 36.5 Å². The standard InChI is InChI=1S/C18H22N4O3/c1-14-4-2-3-5-15(14)25-13-18(23)20-12-16-19-7-6-17(21-16)22-8-10-24-11-9-22/h2-7H,8-13H2,1H3,(H,20,23). The Hall–Kier alpha value is -2.67. The Morgan fingerprint density at radius 1 is 1.28 bits per heavy atom. The van der Waals surface area contributed by atoms with Gasteiger partial charge in [-0.2, -0.15) is 0 Å². The minimum atomic E-state index is -0.205. The molecule has 0 saturated carbocycles.